The third-order valence-corrected chi connectivity index (χ3v) is 9.28. The van der Waals surface area contributed by atoms with Crippen LogP contribution in [0, 0.1) is 0 Å². The molecule has 0 bridgehead atoms. The molecule has 0 unspecified atom stereocenters. The number of nitrogens with zero attached hydrogens (tertiary/aromatic N) is 1. The van der Waals surface area contributed by atoms with Crippen molar-refractivity contribution in [3.8, 4) is 11.1 Å². The van der Waals surface area contributed by atoms with Crippen molar-refractivity contribution in [2.75, 3.05) is 6.54 Å². The third-order valence-electron chi connectivity index (χ3n) is 5.70. The highest BCUT2D eigenvalue weighted by Gasteiger charge is 2.40. The molecule has 0 saturated carbocycles. The fraction of sp³-hybridized carbons (Fsp3) is 0.167. The van der Waals surface area contributed by atoms with Gasteiger partial charge in [0.15, 0.2) is 0 Å². The lowest BCUT2D eigenvalue weighted by molar-refractivity contribution is -0.139. The number of aliphatic carboxylic acids is 1. The number of amides is 1. The van der Waals surface area contributed by atoms with Gasteiger partial charge in [0.2, 0.25) is 10.0 Å². The van der Waals surface area contributed by atoms with Crippen molar-refractivity contribution in [1.29, 1.82) is 0 Å². The van der Waals surface area contributed by atoms with Gasteiger partial charge in [0, 0.05) is 11.6 Å². The number of fused-ring (bicyclic) bond motifs is 1. The van der Waals surface area contributed by atoms with Crippen LogP contribution in [0.5, 0.6) is 0 Å². The molecule has 36 heavy (non-hydrogen) atoms. The van der Waals surface area contributed by atoms with Crippen molar-refractivity contribution in [1.82, 2.24) is 9.03 Å². The Labute approximate surface area is 213 Å². The number of halogens is 1. The first-order chi connectivity index (χ1) is 17.0. The molecular formula is C24H21ClN2O7S2. The number of rotatable bonds is 9. The molecule has 1 amide bonds. The molecule has 188 valence electrons. The van der Waals surface area contributed by atoms with Crippen LogP contribution in [0.4, 0.5) is 0 Å². The highest BCUT2D eigenvalue weighted by Crippen LogP contribution is 2.30. The van der Waals surface area contributed by atoms with Crippen LogP contribution < -0.4 is 4.72 Å². The van der Waals surface area contributed by atoms with E-state index in [-0.39, 0.29) is 34.7 Å². The quantitative estimate of drug-likeness (QED) is 0.418. The van der Waals surface area contributed by atoms with E-state index in [1.165, 1.54) is 30.3 Å². The highest BCUT2D eigenvalue weighted by molar-refractivity contribution is 7.90. The Morgan fingerprint density at radius 2 is 1.56 bits per heavy atom. The summed E-state index contributed by atoms with van der Waals surface area (Å²) in [5.74, 6) is -2.12. The van der Waals surface area contributed by atoms with Gasteiger partial charge in [0.05, 0.1) is 10.5 Å². The van der Waals surface area contributed by atoms with Gasteiger partial charge in [-0.15, -0.1) is 0 Å². The zero-order valence-electron chi connectivity index (χ0n) is 18.7. The van der Waals surface area contributed by atoms with Crippen molar-refractivity contribution < 1.29 is 31.5 Å². The number of hydrogen-bond acceptors (Lipinski definition) is 6. The van der Waals surface area contributed by atoms with Gasteiger partial charge in [-0.2, -0.15) is 4.72 Å². The van der Waals surface area contributed by atoms with Crippen molar-refractivity contribution in [3.63, 3.8) is 0 Å². The number of benzene rings is 3. The molecule has 0 saturated heterocycles. The zero-order chi connectivity index (χ0) is 26.1. The van der Waals surface area contributed by atoms with E-state index >= 15 is 0 Å². The van der Waals surface area contributed by atoms with E-state index < -0.39 is 38.0 Å². The predicted octanol–water partition coefficient (Wildman–Crippen LogP) is 3.36. The minimum Gasteiger partial charge on any atom is -0.480 e. The molecule has 0 aliphatic carbocycles. The van der Waals surface area contributed by atoms with Crippen LogP contribution in [0.15, 0.2) is 82.6 Å². The molecule has 9 nitrogen and oxygen atoms in total. The molecule has 3 aromatic rings. The van der Waals surface area contributed by atoms with E-state index in [1.54, 1.807) is 42.5 Å². The number of carboxylic acids is 1. The third kappa shape index (κ3) is 5.14. The fourth-order valence-electron chi connectivity index (χ4n) is 3.85. The first-order valence-corrected chi connectivity index (χ1v) is 14.1. The van der Waals surface area contributed by atoms with Crippen LogP contribution in [-0.2, 0) is 24.8 Å². The van der Waals surface area contributed by atoms with Gasteiger partial charge in [0.25, 0.3) is 15.9 Å². The lowest BCUT2D eigenvalue weighted by atomic mass is 10.1. The maximum Gasteiger partial charge on any atom is 0.321 e. The van der Waals surface area contributed by atoms with E-state index in [4.69, 9.17) is 11.6 Å². The topological polar surface area (TPSA) is 138 Å². The molecule has 2 N–H and O–H groups in total. The Hall–Kier alpha value is -3.25. The second-order valence-electron chi connectivity index (χ2n) is 8.06. The number of carbonyl (C=O) groups is 2. The van der Waals surface area contributed by atoms with Crippen LogP contribution >= 0.6 is 11.6 Å². The number of carbonyl (C=O) groups excluding carboxylic acids is 1. The summed E-state index contributed by atoms with van der Waals surface area (Å²) in [7, 11) is -8.22. The van der Waals surface area contributed by atoms with Crippen molar-refractivity contribution in [2.24, 2.45) is 0 Å². The summed E-state index contributed by atoms with van der Waals surface area (Å²) in [5, 5.41) is 10.1. The SMILES string of the molecule is O=C(O)[C@H](CCCN1C(=O)c2ccccc2S1(=O)=O)NS(=O)(=O)c1ccc(-c2ccc(Cl)cc2)cc1. The lowest BCUT2D eigenvalue weighted by Gasteiger charge is -2.18. The van der Waals surface area contributed by atoms with Gasteiger partial charge < -0.3 is 5.11 Å². The molecule has 0 spiro atoms. The summed E-state index contributed by atoms with van der Waals surface area (Å²) in [6.07, 6.45) is -0.291. The van der Waals surface area contributed by atoms with Crippen molar-refractivity contribution >= 4 is 43.5 Å². The second kappa shape index (κ2) is 10.0. The molecule has 1 atom stereocenters. The average Bonchev–Trinajstić information content (AvgIpc) is 3.04. The van der Waals surface area contributed by atoms with Gasteiger partial charge in [0.1, 0.15) is 10.9 Å². The summed E-state index contributed by atoms with van der Waals surface area (Å²) in [6.45, 7) is -0.281. The van der Waals surface area contributed by atoms with E-state index in [2.05, 4.69) is 4.72 Å². The Bertz CT molecular complexity index is 1520. The maximum absolute atomic E-state index is 12.8. The van der Waals surface area contributed by atoms with Gasteiger partial charge in [-0.05, 0) is 60.4 Å². The molecular weight excluding hydrogens is 528 g/mol. The Balaban J connectivity index is 1.42. The van der Waals surface area contributed by atoms with Crippen LogP contribution in [0.25, 0.3) is 11.1 Å². The average molecular weight is 549 g/mol. The largest absolute Gasteiger partial charge is 0.480 e. The minimum atomic E-state index is -4.19. The van der Waals surface area contributed by atoms with Gasteiger partial charge in [-0.25, -0.2) is 21.1 Å². The first-order valence-electron chi connectivity index (χ1n) is 10.8. The van der Waals surface area contributed by atoms with Crippen LogP contribution in [-0.4, -0.2) is 50.7 Å². The monoisotopic (exact) mass is 548 g/mol. The molecule has 1 aliphatic rings. The summed E-state index contributed by atoms with van der Waals surface area (Å²) in [5.41, 5.74) is 1.63. The predicted molar refractivity (Wildman–Crippen MR) is 133 cm³/mol. The van der Waals surface area contributed by atoms with E-state index in [1.807, 2.05) is 0 Å². The van der Waals surface area contributed by atoms with Crippen LogP contribution in [0.2, 0.25) is 5.02 Å². The number of sulfonamides is 2. The van der Waals surface area contributed by atoms with Gasteiger partial charge >= 0.3 is 5.97 Å². The molecule has 4 rings (SSSR count). The van der Waals surface area contributed by atoms with Crippen LogP contribution in [0.1, 0.15) is 23.2 Å². The molecule has 1 heterocycles. The van der Waals surface area contributed by atoms with Gasteiger partial charge in [-0.1, -0.05) is 48.0 Å². The molecule has 1 aliphatic heterocycles. The van der Waals surface area contributed by atoms with Crippen molar-refractivity contribution in [2.45, 2.75) is 28.7 Å². The van der Waals surface area contributed by atoms with Crippen LogP contribution in [0.3, 0.4) is 0 Å². The molecule has 0 fully saturated rings. The van der Waals surface area contributed by atoms with E-state index in [0.717, 1.165) is 11.1 Å². The summed E-state index contributed by atoms with van der Waals surface area (Å²) in [6, 6.07) is 17.2. The molecule has 0 aromatic heterocycles. The summed E-state index contributed by atoms with van der Waals surface area (Å²) >= 11 is 5.89. The fourth-order valence-corrected chi connectivity index (χ4v) is 6.81. The first kappa shape index (κ1) is 25.8. The zero-order valence-corrected chi connectivity index (χ0v) is 21.1. The maximum atomic E-state index is 12.8. The number of carboxylic acid groups (broad SMARTS) is 1. The molecule has 12 heteroatoms. The van der Waals surface area contributed by atoms with E-state index in [0.29, 0.717) is 9.33 Å². The molecule has 0 radical (unpaired) electrons. The minimum absolute atomic E-state index is 0.0510. The number of hydrogen-bond donors (Lipinski definition) is 2. The highest BCUT2D eigenvalue weighted by atomic mass is 35.5. The summed E-state index contributed by atoms with van der Waals surface area (Å²) in [4.78, 5) is 24.0. The standard InChI is InChI=1S/C24H21ClN2O7S2/c25-18-11-7-16(8-12-18)17-9-13-19(14-10-17)35(31,32)26-21(24(29)30)5-3-15-27-23(28)20-4-1-2-6-22(20)36(27,33)34/h1-2,4,6-14,21,26H,3,5,15H2,(H,29,30)/t21-/m0/s1. The van der Waals surface area contributed by atoms with Gasteiger partial charge in [-0.3, -0.25) is 9.59 Å². The second-order valence-corrected chi connectivity index (χ2v) is 12.0. The summed E-state index contributed by atoms with van der Waals surface area (Å²) < 4.78 is 53.7. The smallest absolute Gasteiger partial charge is 0.321 e. The normalized spacial score (nSPS) is 15.5. The molecule has 3 aromatic carbocycles. The Kier molecular flexibility index (Phi) is 7.19. The lowest BCUT2D eigenvalue weighted by Crippen LogP contribution is -2.41. The van der Waals surface area contributed by atoms with E-state index in [9.17, 15) is 31.5 Å². The number of nitrogens with one attached hydrogen (secondary N) is 1. The Morgan fingerprint density at radius 3 is 2.14 bits per heavy atom. The van der Waals surface area contributed by atoms with Crippen molar-refractivity contribution in [3.05, 3.63) is 83.4 Å². The Morgan fingerprint density at radius 1 is 0.972 bits per heavy atom.